The summed E-state index contributed by atoms with van der Waals surface area (Å²) in [5, 5.41) is 9.49. The van der Waals surface area contributed by atoms with E-state index < -0.39 is 12.0 Å². The van der Waals surface area contributed by atoms with Crippen LogP contribution in [-0.4, -0.2) is 60.9 Å². The summed E-state index contributed by atoms with van der Waals surface area (Å²) < 4.78 is 5.84. The average Bonchev–Trinajstić information content (AvgIpc) is 2.87. The summed E-state index contributed by atoms with van der Waals surface area (Å²) in [7, 11) is 0. The molecule has 2 atom stereocenters. The van der Waals surface area contributed by atoms with Crippen molar-refractivity contribution in [1.29, 1.82) is 0 Å². The third-order valence-electron chi connectivity index (χ3n) is 4.45. The number of rotatable bonds is 4. The molecule has 1 aromatic carbocycles. The number of hydrogen-bond donors (Lipinski definition) is 1. The fraction of sp³-hybridized carbons (Fsp3) is 0.562. The molecule has 0 bridgehead atoms. The summed E-state index contributed by atoms with van der Waals surface area (Å²) >= 11 is 0. The Bertz CT molecular complexity index is 520. The molecule has 1 fully saturated rings. The van der Waals surface area contributed by atoms with E-state index in [1.807, 2.05) is 29.2 Å². The zero-order valence-corrected chi connectivity index (χ0v) is 12.4. The van der Waals surface area contributed by atoms with Gasteiger partial charge < -0.3 is 14.7 Å². The van der Waals surface area contributed by atoms with Crippen LogP contribution in [0.1, 0.15) is 12.5 Å². The number of ether oxygens (including phenoxy) is 1. The number of aliphatic carboxylic acids is 1. The minimum absolute atomic E-state index is 0.0757. The predicted octanol–water partition coefficient (Wildman–Crippen LogP) is 1.22. The molecule has 0 aromatic heterocycles. The first-order valence-electron chi connectivity index (χ1n) is 7.60. The van der Waals surface area contributed by atoms with Crippen molar-refractivity contribution in [1.82, 2.24) is 4.90 Å². The van der Waals surface area contributed by atoms with Crippen LogP contribution < -0.4 is 4.90 Å². The lowest BCUT2D eigenvalue weighted by molar-refractivity contribution is -0.138. The molecule has 1 saturated heterocycles. The topological polar surface area (TPSA) is 53.0 Å². The average molecular weight is 290 g/mol. The molecule has 2 heterocycles. The molecule has 5 heteroatoms. The van der Waals surface area contributed by atoms with Crippen molar-refractivity contribution >= 4 is 11.7 Å². The van der Waals surface area contributed by atoms with Crippen molar-refractivity contribution in [2.75, 3.05) is 37.7 Å². The Labute approximate surface area is 125 Å². The molecule has 21 heavy (non-hydrogen) atoms. The van der Waals surface area contributed by atoms with Crippen molar-refractivity contribution in [2.45, 2.75) is 25.5 Å². The second-order valence-electron chi connectivity index (χ2n) is 5.73. The Morgan fingerprint density at radius 3 is 3.00 bits per heavy atom. The van der Waals surface area contributed by atoms with E-state index in [-0.39, 0.29) is 6.10 Å². The van der Waals surface area contributed by atoms with E-state index in [9.17, 15) is 9.90 Å². The fourth-order valence-electron chi connectivity index (χ4n) is 3.29. The smallest absolute Gasteiger partial charge is 0.326 e. The van der Waals surface area contributed by atoms with Gasteiger partial charge in [0.15, 0.2) is 0 Å². The number of fused-ring (bicyclic) bond motifs is 1. The summed E-state index contributed by atoms with van der Waals surface area (Å²) in [6.07, 6.45) is 0.655. The van der Waals surface area contributed by atoms with Crippen LogP contribution in [0, 0.1) is 0 Å². The number of carboxylic acid groups (broad SMARTS) is 1. The Hall–Kier alpha value is -1.59. The third-order valence-corrected chi connectivity index (χ3v) is 4.45. The highest BCUT2D eigenvalue weighted by molar-refractivity contribution is 5.82. The molecule has 1 aromatic rings. The number of carbonyl (C=O) groups is 1. The molecule has 2 aliphatic heterocycles. The second kappa shape index (κ2) is 6.03. The zero-order chi connectivity index (χ0) is 14.8. The Kier molecular flexibility index (Phi) is 4.12. The normalized spacial score (nSPS) is 25.9. The van der Waals surface area contributed by atoms with Gasteiger partial charge >= 0.3 is 5.97 Å². The maximum atomic E-state index is 11.5. The second-order valence-corrected chi connectivity index (χ2v) is 5.73. The number of nitrogens with zero attached hydrogens (tertiary/aromatic N) is 2. The Morgan fingerprint density at radius 2 is 2.24 bits per heavy atom. The number of para-hydroxylation sites is 1. The monoisotopic (exact) mass is 290 g/mol. The largest absolute Gasteiger partial charge is 0.480 e. The van der Waals surface area contributed by atoms with Crippen molar-refractivity contribution in [3.63, 3.8) is 0 Å². The van der Waals surface area contributed by atoms with Crippen molar-refractivity contribution in [3.05, 3.63) is 29.8 Å². The number of morpholine rings is 1. The number of hydrogen-bond acceptors (Lipinski definition) is 4. The molecule has 3 rings (SSSR count). The van der Waals surface area contributed by atoms with E-state index in [2.05, 4.69) is 11.8 Å². The maximum absolute atomic E-state index is 11.5. The van der Waals surface area contributed by atoms with Gasteiger partial charge in [-0.05, 0) is 18.2 Å². The number of likely N-dealkylation sites (N-methyl/N-ethyl adjacent to an activating group) is 1. The van der Waals surface area contributed by atoms with E-state index in [1.165, 1.54) is 0 Å². The first-order chi connectivity index (χ1) is 10.2. The number of anilines is 1. The van der Waals surface area contributed by atoms with Gasteiger partial charge in [-0.1, -0.05) is 25.1 Å². The van der Waals surface area contributed by atoms with Crippen LogP contribution in [0.4, 0.5) is 5.69 Å². The minimum Gasteiger partial charge on any atom is -0.480 e. The summed E-state index contributed by atoms with van der Waals surface area (Å²) in [6.45, 7) is 6.37. The highest BCUT2D eigenvalue weighted by atomic mass is 16.5. The van der Waals surface area contributed by atoms with Crippen LogP contribution in [0.25, 0.3) is 0 Å². The van der Waals surface area contributed by atoms with Gasteiger partial charge in [-0.2, -0.15) is 0 Å². The number of benzene rings is 1. The van der Waals surface area contributed by atoms with Gasteiger partial charge in [0.25, 0.3) is 0 Å². The van der Waals surface area contributed by atoms with Crippen LogP contribution in [0.2, 0.25) is 0 Å². The fourth-order valence-corrected chi connectivity index (χ4v) is 3.29. The summed E-state index contributed by atoms with van der Waals surface area (Å²) in [4.78, 5) is 15.9. The van der Waals surface area contributed by atoms with Crippen LogP contribution in [-0.2, 0) is 16.0 Å². The van der Waals surface area contributed by atoms with Gasteiger partial charge in [-0.3, -0.25) is 4.90 Å². The van der Waals surface area contributed by atoms with Gasteiger partial charge in [0.05, 0.1) is 12.7 Å². The minimum atomic E-state index is -0.755. The lowest BCUT2D eigenvalue weighted by Crippen LogP contribution is -2.50. The summed E-state index contributed by atoms with van der Waals surface area (Å²) in [6, 6.07) is 7.50. The Morgan fingerprint density at radius 1 is 1.43 bits per heavy atom. The summed E-state index contributed by atoms with van der Waals surface area (Å²) in [5.74, 6) is -0.755. The van der Waals surface area contributed by atoms with E-state index in [0.29, 0.717) is 13.0 Å². The lowest BCUT2D eigenvalue weighted by atomic mass is 10.1. The molecule has 114 valence electrons. The zero-order valence-electron chi connectivity index (χ0n) is 12.4. The lowest BCUT2D eigenvalue weighted by Gasteiger charge is -2.36. The van der Waals surface area contributed by atoms with Crippen molar-refractivity contribution < 1.29 is 14.6 Å². The SMILES string of the molecule is CCN1CCOC(CN2c3ccccc3CC2C(=O)O)C1. The standard InChI is InChI=1S/C16H22N2O3/c1-2-17-7-8-21-13(10-17)11-18-14-6-4-3-5-12(14)9-15(18)16(19)20/h3-6,13,15H,2,7-11H2,1H3,(H,19,20). The van der Waals surface area contributed by atoms with Crippen LogP contribution in [0.3, 0.4) is 0 Å². The Balaban J connectivity index is 1.77. The quantitative estimate of drug-likeness (QED) is 0.904. The highest BCUT2D eigenvalue weighted by Gasteiger charge is 2.36. The van der Waals surface area contributed by atoms with E-state index in [4.69, 9.17) is 4.74 Å². The molecule has 5 nitrogen and oxygen atoms in total. The first kappa shape index (κ1) is 14.4. The molecular formula is C16H22N2O3. The third kappa shape index (κ3) is 2.89. The van der Waals surface area contributed by atoms with Crippen LogP contribution in [0.15, 0.2) is 24.3 Å². The summed E-state index contributed by atoms with van der Waals surface area (Å²) in [5.41, 5.74) is 2.16. The van der Waals surface area contributed by atoms with E-state index in [1.54, 1.807) is 0 Å². The highest BCUT2D eigenvalue weighted by Crippen LogP contribution is 2.32. The van der Waals surface area contributed by atoms with Crippen LogP contribution >= 0.6 is 0 Å². The number of carboxylic acids is 1. The van der Waals surface area contributed by atoms with E-state index in [0.717, 1.165) is 37.5 Å². The first-order valence-corrected chi connectivity index (χ1v) is 7.60. The van der Waals surface area contributed by atoms with E-state index >= 15 is 0 Å². The molecule has 1 N–H and O–H groups in total. The molecule has 0 spiro atoms. The molecule has 2 aliphatic rings. The van der Waals surface area contributed by atoms with Gasteiger partial charge in [0.1, 0.15) is 6.04 Å². The predicted molar refractivity (Wildman–Crippen MR) is 80.8 cm³/mol. The van der Waals surface area contributed by atoms with Crippen molar-refractivity contribution in [3.8, 4) is 0 Å². The van der Waals surface area contributed by atoms with Gasteiger partial charge in [-0.15, -0.1) is 0 Å². The molecule has 0 radical (unpaired) electrons. The van der Waals surface area contributed by atoms with Gasteiger partial charge in [0, 0.05) is 31.7 Å². The van der Waals surface area contributed by atoms with Gasteiger partial charge in [0.2, 0.25) is 0 Å². The molecule has 0 saturated carbocycles. The molecule has 0 amide bonds. The molecule has 2 unspecified atom stereocenters. The van der Waals surface area contributed by atoms with Crippen LogP contribution in [0.5, 0.6) is 0 Å². The molecule has 0 aliphatic carbocycles. The molecular weight excluding hydrogens is 268 g/mol. The van der Waals surface area contributed by atoms with Crippen molar-refractivity contribution in [2.24, 2.45) is 0 Å². The van der Waals surface area contributed by atoms with Gasteiger partial charge in [-0.25, -0.2) is 4.79 Å². The maximum Gasteiger partial charge on any atom is 0.326 e.